The molecule has 0 aliphatic heterocycles. The van der Waals surface area contributed by atoms with Crippen molar-refractivity contribution >= 4 is 28.2 Å². The van der Waals surface area contributed by atoms with Crippen LogP contribution in [0, 0.1) is 3.57 Å². The van der Waals surface area contributed by atoms with Crippen molar-refractivity contribution in [1.29, 1.82) is 0 Å². The van der Waals surface area contributed by atoms with Crippen molar-refractivity contribution in [2.24, 2.45) is 0 Å². The van der Waals surface area contributed by atoms with E-state index in [2.05, 4.69) is 60.0 Å². The first kappa shape index (κ1) is 19.6. The molecule has 0 radical (unpaired) electrons. The SMILES string of the molecule is C=C(c1ccc(I)cc1)c1ccc(OC(C)(C)C(=C)OC(C)C)cc1. The van der Waals surface area contributed by atoms with Gasteiger partial charge in [0, 0.05) is 3.57 Å². The van der Waals surface area contributed by atoms with E-state index in [0.29, 0.717) is 5.76 Å². The van der Waals surface area contributed by atoms with Crippen LogP contribution < -0.4 is 4.74 Å². The molecule has 2 nitrogen and oxygen atoms in total. The van der Waals surface area contributed by atoms with Crippen molar-refractivity contribution in [2.45, 2.75) is 39.4 Å². The highest BCUT2D eigenvalue weighted by molar-refractivity contribution is 14.1. The highest BCUT2D eigenvalue weighted by atomic mass is 127. The second kappa shape index (κ2) is 8.09. The first-order valence-corrected chi connectivity index (χ1v) is 9.37. The van der Waals surface area contributed by atoms with Crippen LogP contribution in [0.15, 0.2) is 67.4 Å². The molecule has 0 saturated heterocycles. The van der Waals surface area contributed by atoms with E-state index < -0.39 is 5.60 Å². The molecule has 0 aliphatic carbocycles. The van der Waals surface area contributed by atoms with Crippen LogP contribution in [0.3, 0.4) is 0 Å². The van der Waals surface area contributed by atoms with Crippen LogP contribution in [0.25, 0.3) is 5.57 Å². The maximum absolute atomic E-state index is 6.07. The van der Waals surface area contributed by atoms with E-state index in [-0.39, 0.29) is 6.10 Å². The largest absolute Gasteiger partial charge is 0.492 e. The van der Waals surface area contributed by atoms with Crippen molar-refractivity contribution in [1.82, 2.24) is 0 Å². The summed E-state index contributed by atoms with van der Waals surface area (Å²) in [5.74, 6) is 1.40. The van der Waals surface area contributed by atoms with Crippen LogP contribution in [0.1, 0.15) is 38.8 Å². The lowest BCUT2D eigenvalue weighted by Crippen LogP contribution is -2.32. The fraction of sp³-hybridized carbons (Fsp3) is 0.273. The summed E-state index contributed by atoms with van der Waals surface area (Å²) in [6.07, 6.45) is 0.0787. The maximum atomic E-state index is 6.07. The first-order chi connectivity index (χ1) is 11.7. The Morgan fingerprint density at radius 2 is 1.40 bits per heavy atom. The fourth-order valence-electron chi connectivity index (χ4n) is 2.32. The molecule has 0 unspecified atom stereocenters. The van der Waals surface area contributed by atoms with E-state index in [0.717, 1.165) is 22.4 Å². The van der Waals surface area contributed by atoms with Crippen molar-refractivity contribution in [2.75, 3.05) is 0 Å². The number of ether oxygens (including phenoxy) is 2. The van der Waals surface area contributed by atoms with Gasteiger partial charge in [-0.1, -0.05) is 37.4 Å². The molecule has 0 fully saturated rings. The summed E-state index contributed by atoms with van der Waals surface area (Å²) in [6, 6.07) is 16.3. The van der Waals surface area contributed by atoms with Crippen LogP contribution in [0.5, 0.6) is 5.75 Å². The van der Waals surface area contributed by atoms with Gasteiger partial charge in [0.15, 0.2) is 5.60 Å². The summed E-state index contributed by atoms with van der Waals surface area (Å²) in [5, 5.41) is 0. The summed E-state index contributed by atoms with van der Waals surface area (Å²) in [7, 11) is 0. The molecule has 0 aliphatic rings. The zero-order valence-electron chi connectivity index (χ0n) is 15.3. The molecule has 0 amide bonds. The predicted octanol–water partition coefficient (Wildman–Crippen LogP) is 6.45. The number of hydrogen-bond acceptors (Lipinski definition) is 2. The molecule has 2 aromatic carbocycles. The average Bonchev–Trinajstić information content (AvgIpc) is 2.54. The molecule has 25 heavy (non-hydrogen) atoms. The van der Waals surface area contributed by atoms with Gasteiger partial charge in [-0.05, 0) is 91.3 Å². The summed E-state index contributed by atoms with van der Waals surface area (Å²) in [5.41, 5.74) is 2.59. The molecule has 0 saturated carbocycles. The van der Waals surface area contributed by atoms with E-state index >= 15 is 0 Å². The average molecular weight is 448 g/mol. The quantitative estimate of drug-likeness (QED) is 0.358. The van der Waals surface area contributed by atoms with E-state index in [1.54, 1.807) is 0 Å². The number of hydrogen-bond donors (Lipinski definition) is 0. The summed E-state index contributed by atoms with van der Waals surface area (Å²) in [6.45, 7) is 16.1. The topological polar surface area (TPSA) is 18.5 Å². The highest BCUT2D eigenvalue weighted by Crippen LogP contribution is 2.28. The van der Waals surface area contributed by atoms with Crippen LogP contribution >= 0.6 is 22.6 Å². The van der Waals surface area contributed by atoms with E-state index in [1.165, 1.54) is 3.57 Å². The lowest BCUT2D eigenvalue weighted by molar-refractivity contribution is 0.0363. The van der Waals surface area contributed by atoms with Gasteiger partial charge < -0.3 is 9.47 Å². The Kier molecular flexibility index (Phi) is 6.33. The Balaban J connectivity index is 2.10. The molecule has 0 spiro atoms. The van der Waals surface area contributed by atoms with Crippen molar-refractivity contribution in [3.63, 3.8) is 0 Å². The Bertz CT molecular complexity index is 741. The highest BCUT2D eigenvalue weighted by Gasteiger charge is 2.26. The van der Waals surface area contributed by atoms with Gasteiger partial charge in [-0.2, -0.15) is 0 Å². The molecular formula is C22H25IO2. The van der Waals surface area contributed by atoms with E-state index in [4.69, 9.17) is 9.47 Å². The Morgan fingerprint density at radius 1 is 0.920 bits per heavy atom. The summed E-state index contributed by atoms with van der Waals surface area (Å²) < 4.78 is 13.0. The molecule has 0 atom stereocenters. The second-order valence-electron chi connectivity index (χ2n) is 6.71. The van der Waals surface area contributed by atoms with Gasteiger partial charge in [0.2, 0.25) is 0 Å². The molecular weight excluding hydrogens is 423 g/mol. The molecule has 2 rings (SSSR count). The lowest BCUT2D eigenvalue weighted by atomic mass is 9.99. The zero-order chi connectivity index (χ0) is 18.6. The molecule has 0 heterocycles. The molecule has 132 valence electrons. The van der Waals surface area contributed by atoms with Gasteiger partial charge in [0.1, 0.15) is 11.5 Å². The van der Waals surface area contributed by atoms with Gasteiger partial charge in [-0.25, -0.2) is 0 Å². The predicted molar refractivity (Wildman–Crippen MR) is 114 cm³/mol. The van der Waals surface area contributed by atoms with Gasteiger partial charge in [0.05, 0.1) is 6.10 Å². The minimum atomic E-state index is -0.598. The van der Waals surface area contributed by atoms with Crippen molar-refractivity contribution < 1.29 is 9.47 Å². The van der Waals surface area contributed by atoms with Gasteiger partial charge in [-0.15, -0.1) is 0 Å². The smallest absolute Gasteiger partial charge is 0.159 e. The van der Waals surface area contributed by atoms with Crippen LogP contribution in [0.4, 0.5) is 0 Å². The van der Waals surface area contributed by atoms with Gasteiger partial charge in [0.25, 0.3) is 0 Å². The molecule has 2 aromatic rings. The van der Waals surface area contributed by atoms with Crippen LogP contribution in [-0.4, -0.2) is 11.7 Å². The molecule has 0 aromatic heterocycles. The van der Waals surface area contributed by atoms with Crippen molar-refractivity contribution in [3.05, 3.63) is 82.1 Å². The summed E-state index contributed by atoms with van der Waals surface area (Å²) >= 11 is 2.30. The normalized spacial score (nSPS) is 11.3. The van der Waals surface area contributed by atoms with Gasteiger partial charge >= 0.3 is 0 Å². The molecule has 3 heteroatoms. The van der Waals surface area contributed by atoms with Crippen LogP contribution in [0.2, 0.25) is 0 Å². The number of halogens is 1. The number of benzene rings is 2. The third kappa shape index (κ3) is 5.36. The third-order valence-corrected chi connectivity index (χ3v) is 4.54. The van der Waals surface area contributed by atoms with Crippen molar-refractivity contribution in [3.8, 4) is 5.75 Å². The second-order valence-corrected chi connectivity index (χ2v) is 7.96. The van der Waals surface area contributed by atoms with E-state index in [9.17, 15) is 0 Å². The van der Waals surface area contributed by atoms with E-state index in [1.807, 2.05) is 52.0 Å². The minimum Gasteiger partial charge on any atom is -0.492 e. The lowest BCUT2D eigenvalue weighted by Gasteiger charge is -2.29. The fourth-order valence-corrected chi connectivity index (χ4v) is 2.68. The number of rotatable bonds is 7. The molecule has 0 N–H and O–H groups in total. The molecule has 0 bridgehead atoms. The Labute approximate surface area is 164 Å². The maximum Gasteiger partial charge on any atom is 0.159 e. The van der Waals surface area contributed by atoms with Gasteiger partial charge in [-0.3, -0.25) is 0 Å². The van der Waals surface area contributed by atoms with Crippen LogP contribution in [-0.2, 0) is 4.74 Å². The standard InChI is InChI=1S/C22H25IO2/c1-15(2)24-17(4)22(5,6)25-21-13-9-19(10-14-21)16(3)18-7-11-20(23)12-8-18/h7-15H,3-4H2,1-2,5-6H3. The minimum absolute atomic E-state index is 0.0787. The zero-order valence-corrected chi connectivity index (χ0v) is 17.5. The monoisotopic (exact) mass is 448 g/mol. The first-order valence-electron chi connectivity index (χ1n) is 8.29. The Hall–Kier alpha value is -1.75. The Morgan fingerprint density at radius 3 is 1.88 bits per heavy atom. The third-order valence-electron chi connectivity index (χ3n) is 3.82. The summed E-state index contributed by atoms with van der Waals surface area (Å²) in [4.78, 5) is 0.